The predicted octanol–water partition coefficient (Wildman–Crippen LogP) is 2.95. The first-order valence-electron chi connectivity index (χ1n) is 7.25. The van der Waals surface area contributed by atoms with Crippen molar-refractivity contribution < 1.29 is 14.3 Å². The number of ether oxygens (including phenoxy) is 2. The third-order valence-electron chi connectivity index (χ3n) is 3.90. The van der Waals surface area contributed by atoms with Crippen LogP contribution in [0, 0.1) is 0 Å². The zero-order valence-electron chi connectivity index (χ0n) is 13.1. The molecule has 0 saturated heterocycles. The SMILES string of the molecule is CCC(=O)N(C1COc2cccc(OC)c2C1)C(C)SC. The van der Waals surface area contributed by atoms with Gasteiger partial charge < -0.3 is 14.4 Å². The van der Waals surface area contributed by atoms with Crippen LogP contribution in [-0.2, 0) is 11.2 Å². The van der Waals surface area contributed by atoms with Gasteiger partial charge in [-0.3, -0.25) is 4.79 Å². The third kappa shape index (κ3) is 3.28. The van der Waals surface area contributed by atoms with Crippen molar-refractivity contribution in [3.63, 3.8) is 0 Å². The van der Waals surface area contributed by atoms with E-state index in [4.69, 9.17) is 9.47 Å². The quantitative estimate of drug-likeness (QED) is 0.784. The van der Waals surface area contributed by atoms with Crippen LogP contribution in [0.25, 0.3) is 0 Å². The van der Waals surface area contributed by atoms with Gasteiger partial charge >= 0.3 is 0 Å². The molecule has 1 aliphatic heterocycles. The number of thioether (sulfide) groups is 1. The zero-order chi connectivity index (χ0) is 15.4. The Morgan fingerprint density at radius 1 is 1.57 bits per heavy atom. The Hall–Kier alpha value is -1.36. The van der Waals surface area contributed by atoms with E-state index in [9.17, 15) is 4.79 Å². The fraction of sp³-hybridized carbons (Fsp3) is 0.562. The van der Waals surface area contributed by atoms with E-state index in [0.717, 1.165) is 23.5 Å². The van der Waals surface area contributed by atoms with Gasteiger partial charge in [-0.25, -0.2) is 0 Å². The number of rotatable bonds is 5. The fourth-order valence-corrected chi connectivity index (χ4v) is 3.25. The Kier molecular flexibility index (Phi) is 5.39. The Labute approximate surface area is 130 Å². The number of hydrogen-bond donors (Lipinski definition) is 0. The third-order valence-corrected chi connectivity index (χ3v) is 4.81. The summed E-state index contributed by atoms with van der Waals surface area (Å²) in [5.74, 6) is 1.87. The van der Waals surface area contributed by atoms with Gasteiger partial charge in [-0.2, -0.15) is 0 Å². The molecule has 0 N–H and O–H groups in total. The van der Waals surface area contributed by atoms with Gasteiger partial charge in [0.2, 0.25) is 5.91 Å². The summed E-state index contributed by atoms with van der Waals surface area (Å²) in [6.07, 6.45) is 3.31. The van der Waals surface area contributed by atoms with E-state index in [2.05, 4.69) is 6.92 Å². The molecule has 1 aromatic rings. The number of hydrogen-bond acceptors (Lipinski definition) is 4. The number of amides is 1. The van der Waals surface area contributed by atoms with Gasteiger partial charge in [-0.15, -0.1) is 11.8 Å². The summed E-state index contributed by atoms with van der Waals surface area (Å²) in [6.45, 7) is 4.51. The molecule has 2 rings (SSSR count). The van der Waals surface area contributed by atoms with Crippen molar-refractivity contribution in [3.05, 3.63) is 23.8 Å². The normalized spacial score (nSPS) is 18.4. The molecule has 0 fully saturated rings. The monoisotopic (exact) mass is 309 g/mol. The molecule has 4 nitrogen and oxygen atoms in total. The predicted molar refractivity (Wildman–Crippen MR) is 86.1 cm³/mol. The van der Waals surface area contributed by atoms with Crippen LogP contribution in [0.15, 0.2) is 18.2 Å². The van der Waals surface area contributed by atoms with Crippen molar-refractivity contribution in [2.75, 3.05) is 20.0 Å². The molecule has 0 aromatic heterocycles. The van der Waals surface area contributed by atoms with Crippen LogP contribution in [0.4, 0.5) is 0 Å². The fourth-order valence-electron chi connectivity index (χ4n) is 2.73. The molecule has 21 heavy (non-hydrogen) atoms. The molecule has 0 aliphatic carbocycles. The molecule has 1 aliphatic rings. The number of methoxy groups -OCH3 is 1. The number of carbonyl (C=O) groups excluding carboxylic acids is 1. The van der Waals surface area contributed by atoms with Crippen molar-refractivity contribution in [2.45, 2.75) is 38.1 Å². The van der Waals surface area contributed by atoms with Gasteiger partial charge in [-0.05, 0) is 25.3 Å². The van der Waals surface area contributed by atoms with Gasteiger partial charge in [0.1, 0.15) is 18.1 Å². The second-order valence-electron chi connectivity index (χ2n) is 5.10. The summed E-state index contributed by atoms with van der Waals surface area (Å²) in [4.78, 5) is 14.3. The zero-order valence-corrected chi connectivity index (χ0v) is 13.9. The number of carbonyl (C=O) groups is 1. The minimum Gasteiger partial charge on any atom is -0.496 e. The summed E-state index contributed by atoms with van der Waals surface area (Å²) in [6, 6.07) is 5.88. The average Bonchev–Trinajstić information content (AvgIpc) is 2.53. The highest BCUT2D eigenvalue weighted by atomic mass is 32.2. The summed E-state index contributed by atoms with van der Waals surface area (Å²) in [5, 5.41) is 0.141. The van der Waals surface area contributed by atoms with Crippen LogP contribution in [-0.4, -0.2) is 42.2 Å². The summed E-state index contributed by atoms with van der Waals surface area (Å²) in [5.41, 5.74) is 1.05. The van der Waals surface area contributed by atoms with Crippen molar-refractivity contribution >= 4 is 17.7 Å². The van der Waals surface area contributed by atoms with E-state index in [1.165, 1.54) is 0 Å². The van der Waals surface area contributed by atoms with Gasteiger partial charge in [-0.1, -0.05) is 13.0 Å². The Morgan fingerprint density at radius 2 is 2.33 bits per heavy atom. The van der Waals surface area contributed by atoms with Gasteiger partial charge in [0.15, 0.2) is 0 Å². The smallest absolute Gasteiger partial charge is 0.223 e. The molecule has 0 radical (unpaired) electrons. The van der Waals surface area contributed by atoms with E-state index in [0.29, 0.717) is 13.0 Å². The Bertz CT molecular complexity index is 492. The maximum atomic E-state index is 12.3. The molecule has 2 atom stereocenters. The highest BCUT2D eigenvalue weighted by molar-refractivity contribution is 7.99. The molecular weight excluding hydrogens is 286 g/mol. The molecule has 0 bridgehead atoms. The average molecular weight is 309 g/mol. The lowest BCUT2D eigenvalue weighted by Gasteiger charge is -2.38. The van der Waals surface area contributed by atoms with E-state index in [1.807, 2.05) is 36.3 Å². The molecule has 116 valence electrons. The van der Waals surface area contributed by atoms with Crippen LogP contribution in [0.2, 0.25) is 0 Å². The van der Waals surface area contributed by atoms with E-state index >= 15 is 0 Å². The number of benzene rings is 1. The van der Waals surface area contributed by atoms with Crippen molar-refractivity contribution in [1.82, 2.24) is 4.90 Å². The minimum absolute atomic E-state index is 0.0590. The molecule has 1 aromatic carbocycles. The first-order valence-corrected chi connectivity index (χ1v) is 8.53. The van der Waals surface area contributed by atoms with E-state index in [1.54, 1.807) is 18.9 Å². The van der Waals surface area contributed by atoms with Crippen molar-refractivity contribution in [1.29, 1.82) is 0 Å². The van der Waals surface area contributed by atoms with Crippen molar-refractivity contribution in [3.8, 4) is 11.5 Å². The standard InChI is InChI=1S/C16H23NO3S/c1-5-16(18)17(11(2)21-4)12-9-13-14(19-3)7-6-8-15(13)20-10-12/h6-8,11-12H,5,9-10H2,1-4H3. The van der Waals surface area contributed by atoms with E-state index < -0.39 is 0 Å². The summed E-state index contributed by atoms with van der Waals surface area (Å²) >= 11 is 1.68. The van der Waals surface area contributed by atoms with Crippen LogP contribution >= 0.6 is 11.8 Å². The van der Waals surface area contributed by atoms with Crippen LogP contribution in [0.5, 0.6) is 11.5 Å². The summed E-state index contributed by atoms with van der Waals surface area (Å²) in [7, 11) is 1.67. The first-order chi connectivity index (χ1) is 10.1. The van der Waals surface area contributed by atoms with Crippen LogP contribution in [0.3, 0.4) is 0 Å². The topological polar surface area (TPSA) is 38.8 Å². The molecule has 2 unspecified atom stereocenters. The highest BCUT2D eigenvalue weighted by Crippen LogP contribution is 2.35. The first kappa shape index (κ1) is 16.0. The van der Waals surface area contributed by atoms with Crippen LogP contribution < -0.4 is 9.47 Å². The molecule has 0 spiro atoms. The molecule has 1 heterocycles. The summed E-state index contributed by atoms with van der Waals surface area (Å²) < 4.78 is 11.3. The Balaban J connectivity index is 2.27. The molecule has 0 saturated carbocycles. The van der Waals surface area contributed by atoms with Gasteiger partial charge in [0.25, 0.3) is 0 Å². The lowest BCUT2D eigenvalue weighted by molar-refractivity contribution is -0.134. The lowest BCUT2D eigenvalue weighted by atomic mass is 10.00. The molecular formula is C16H23NO3S. The maximum absolute atomic E-state index is 12.3. The van der Waals surface area contributed by atoms with Gasteiger partial charge in [0, 0.05) is 18.4 Å². The highest BCUT2D eigenvalue weighted by Gasteiger charge is 2.32. The lowest BCUT2D eigenvalue weighted by Crippen LogP contribution is -2.49. The Morgan fingerprint density at radius 3 is 2.95 bits per heavy atom. The number of fused-ring (bicyclic) bond motifs is 1. The second-order valence-corrected chi connectivity index (χ2v) is 6.25. The number of nitrogens with zero attached hydrogens (tertiary/aromatic N) is 1. The van der Waals surface area contributed by atoms with Gasteiger partial charge in [0.05, 0.1) is 18.5 Å². The largest absolute Gasteiger partial charge is 0.496 e. The molecule has 5 heteroatoms. The second kappa shape index (κ2) is 7.07. The maximum Gasteiger partial charge on any atom is 0.223 e. The molecule has 1 amide bonds. The van der Waals surface area contributed by atoms with Crippen LogP contribution in [0.1, 0.15) is 25.8 Å². The van der Waals surface area contributed by atoms with Crippen molar-refractivity contribution in [2.24, 2.45) is 0 Å². The minimum atomic E-state index is 0.0590. The van der Waals surface area contributed by atoms with E-state index in [-0.39, 0.29) is 17.3 Å².